The first-order valence-corrected chi connectivity index (χ1v) is 13.0. The van der Waals surface area contributed by atoms with Crippen LogP contribution in [-0.2, 0) is 28.8 Å². The molecule has 0 heterocycles. The Hall–Kier alpha value is -2.52. The third-order valence-electron chi connectivity index (χ3n) is 4.49. The molecular weight excluding hydrogens is 492 g/mol. The lowest BCUT2D eigenvalue weighted by molar-refractivity contribution is -0.143. The van der Waals surface area contributed by atoms with Crippen molar-refractivity contribution in [1.29, 1.82) is 0 Å². The van der Waals surface area contributed by atoms with Crippen LogP contribution in [0.25, 0.3) is 0 Å². The zero-order valence-corrected chi connectivity index (χ0v) is 20.6. The van der Waals surface area contributed by atoms with Crippen molar-refractivity contribution in [3.8, 4) is 0 Å². The second-order valence-electron chi connectivity index (χ2n) is 7.22. The van der Waals surface area contributed by atoms with Crippen molar-refractivity contribution in [3.05, 3.63) is 0 Å². The molecule has 8 N–H and O–H groups in total. The molecule has 0 aliphatic carbocycles. The van der Waals surface area contributed by atoms with Gasteiger partial charge in [-0.05, 0) is 43.3 Å². The van der Waals surface area contributed by atoms with Crippen LogP contribution in [0.2, 0.25) is 0 Å². The van der Waals surface area contributed by atoms with E-state index in [1.54, 1.807) is 6.26 Å². The molecule has 0 spiro atoms. The fourth-order valence-electron chi connectivity index (χ4n) is 2.61. The van der Waals surface area contributed by atoms with Crippen LogP contribution in [0.1, 0.15) is 32.1 Å². The van der Waals surface area contributed by atoms with E-state index in [9.17, 15) is 33.9 Å². The summed E-state index contributed by atoms with van der Waals surface area (Å²) in [7, 11) is 0. The van der Waals surface area contributed by atoms with Gasteiger partial charge in [-0.2, -0.15) is 23.5 Å². The number of rotatable bonds is 18. The quantitative estimate of drug-likeness (QED) is 0.111. The minimum Gasteiger partial charge on any atom is -0.481 e. The second kappa shape index (κ2) is 17.0. The monoisotopic (exact) mass is 524 g/mol. The number of aliphatic carboxylic acids is 3. The number of thioether (sulfide) groups is 2. The fourth-order valence-corrected chi connectivity index (χ4v) is 3.57. The number of hydrogen-bond acceptors (Lipinski definition) is 9. The lowest BCUT2D eigenvalue weighted by Crippen LogP contribution is -2.57. The van der Waals surface area contributed by atoms with Gasteiger partial charge in [0.1, 0.15) is 18.1 Å². The Morgan fingerprint density at radius 3 is 1.71 bits per heavy atom. The largest absolute Gasteiger partial charge is 0.481 e. The highest BCUT2D eigenvalue weighted by Crippen LogP contribution is 2.06. The summed E-state index contributed by atoms with van der Waals surface area (Å²) in [5.74, 6) is -5.77. The number of carbonyl (C=O) groups is 6. The topological polar surface area (TPSA) is 225 Å². The Balaban J connectivity index is 5.50. The number of carbonyl (C=O) groups excluding carboxylic acids is 3. The van der Waals surface area contributed by atoms with Crippen LogP contribution in [0.3, 0.4) is 0 Å². The van der Waals surface area contributed by atoms with Crippen molar-refractivity contribution in [2.45, 2.75) is 56.3 Å². The number of amides is 3. The van der Waals surface area contributed by atoms with Crippen molar-refractivity contribution in [2.24, 2.45) is 5.73 Å². The van der Waals surface area contributed by atoms with E-state index >= 15 is 0 Å². The summed E-state index contributed by atoms with van der Waals surface area (Å²) in [6.45, 7) is 0. The van der Waals surface area contributed by atoms with E-state index in [2.05, 4.69) is 16.0 Å². The van der Waals surface area contributed by atoms with Crippen molar-refractivity contribution < 1.29 is 44.1 Å². The molecule has 0 aliphatic heterocycles. The molecule has 15 heteroatoms. The summed E-state index contributed by atoms with van der Waals surface area (Å²) in [6.07, 6.45) is 2.24. The van der Waals surface area contributed by atoms with E-state index in [0.29, 0.717) is 17.9 Å². The van der Waals surface area contributed by atoms with E-state index < -0.39 is 72.6 Å². The Morgan fingerprint density at radius 1 is 0.706 bits per heavy atom. The molecular formula is C19H32N4O9S2. The highest BCUT2D eigenvalue weighted by Gasteiger charge is 2.31. The smallest absolute Gasteiger partial charge is 0.326 e. The highest BCUT2D eigenvalue weighted by molar-refractivity contribution is 7.98. The summed E-state index contributed by atoms with van der Waals surface area (Å²) in [5, 5.41) is 34.1. The van der Waals surface area contributed by atoms with Gasteiger partial charge in [0.2, 0.25) is 17.7 Å². The SMILES string of the molecule is CSCCC(N)C(=O)NC(CCC(=O)O)C(=O)NC(CC(=O)O)C(=O)NC(CCSC)C(=O)O. The molecule has 0 fully saturated rings. The van der Waals surface area contributed by atoms with Crippen LogP contribution < -0.4 is 21.7 Å². The molecule has 0 saturated carbocycles. The molecule has 4 unspecified atom stereocenters. The molecule has 194 valence electrons. The first kappa shape index (κ1) is 31.5. The first-order chi connectivity index (χ1) is 15.9. The van der Waals surface area contributed by atoms with Gasteiger partial charge >= 0.3 is 17.9 Å². The Kier molecular flexibility index (Phi) is 15.7. The van der Waals surface area contributed by atoms with Crippen LogP contribution in [0.5, 0.6) is 0 Å². The summed E-state index contributed by atoms with van der Waals surface area (Å²) >= 11 is 2.81. The minimum absolute atomic E-state index is 0.0706. The zero-order chi connectivity index (χ0) is 26.3. The van der Waals surface area contributed by atoms with E-state index in [-0.39, 0.29) is 12.8 Å². The maximum atomic E-state index is 12.8. The number of hydrogen-bond donors (Lipinski definition) is 7. The van der Waals surface area contributed by atoms with Gasteiger partial charge in [-0.15, -0.1) is 0 Å². The standard InChI is InChI=1S/C19H32N4O9S2/c1-33-7-5-10(20)16(28)21-11(3-4-14(24)25)17(29)23-13(9-15(26)27)18(30)22-12(19(31)32)6-8-34-2/h10-13H,3-9,20H2,1-2H3,(H,21,28)(H,22,30)(H,23,29)(H,24,25)(H,26,27)(H,31,32). The zero-order valence-electron chi connectivity index (χ0n) is 18.9. The van der Waals surface area contributed by atoms with Crippen LogP contribution >= 0.6 is 23.5 Å². The molecule has 0 rings (SSSR count). The van der Waals surface area contributed by atoms with Crippen molar-refractivity contribution >= 4 is 59.2 Å². The van der Waals surface area contributed by atoms with E-state index in [4.69, 9.17) is 15.9 Å². The summed E-state index contributed by atoms with van der Waals surface area (Å²) in [6, 6.07) is -5.32. The van der Waals surface area contributed by atoms with Gasteiger partial charge < -0.3 is 37.0 Å². The van der Waals surface area contributed by atoms with Gasteiger partial charge in [0, 0.05) is 6.42 Å². The summed E-state index contributed by atoms with van der Waals surface area (Å²) in [5.41, 5.74) is 5.77. The Labute approximate surface area is 205 Å². The van der Waals surface area contributed by atoms with Gasteiger partial charge in [0.25, 0.3) is 0 Å². The maximum absolute atomic E-state index is 12.8. The second-order valence-corrected chi connectivity index (χ2v) is 9.19. The van der Waals surface area contributed by atoms with Crippen LogP contribution in [0.15, 0.2) is 0 Å². The predicted molar refractivity (Wildman–Crippen MR) is 127 cm³/mol. The van der Waals surface area contributed by atoms with Gasteiger partial charge in [-0.3, -0.25) is 24.0 Å². The van der Waals surface area contributed by atoms with Gasteiger partial charge in [0.15, 0.2) is 0 Å². The number of nitrogens with one attached hydrogen (secondary N) is 3. The molecule has 0 aromatic rings. The molecule has 3 amide bonds. The molecule has 34 heavy (non-hydrogen) atoms. The number of carboxylic acids is 3. The fraction of sp³-hybridized carbons (Fsp3) is 0.684. The number of carboxylic acid groups (broad SMARTS) is 3. The van der Waals surface area contributed by atoms with Crippen molar-refractivity contribution in [2.75, 3.05) is 24.0 Å². The molecule has 4 atom stereocenters. The van der Waals surface area contributed by atoms with Crippen molar-refractivity contribution in [3.63, 3.8) is 0 Å². The molecule has 0 radical (unpaired) electrons. The molecule has 0 aromatic carbocycles. The lowest BCUT2D eigenvalue weighted by Gasteiger charge is -2.24. The third-order valence-corrected chi connectivity index (χ3v) is 5.77. The number of nitrogens with two attached hydrogens (primary N) is 1. The molecule has 0 aromatic heterocycles. The maximum Gasteiger partial charge on any atom is 0.326 e. The van der Waals surface area contributed by atoms with Gasteiger partial charge in [-0.1, -0.05) is 0 Å². The van der Waals surface area contributed by atoms with E-state index in [1.807, 2.05) is 6.26 Å². The predicted octanol–water partition coefficient (Wildman–Crippen LogP) is -1.30. The molecule has 0 saturated heterocycles. The Morgan fingerprint density at radius 2 is 1.21 bits per heavy atom. The normalized spacial score (nSPS) is 14.2. The average Bonchev–Trinajstić information content (AvgIpc) is 2.75. The highest BCUT2D eigenvalue weighted by atomic mass is 32.2. The van der Waals surface area contributed by atoms with Crippen LogP contribution in [0.4, 0.5) is 0 Å². The van der Waals surface area contributed by atoms with Gasteiger partial charge in [0.05, 0.1) is 12.5 Å². The molecule has 0 bridgehead atoms. The van der Waals surface area contributed by atoms with Crippen LogP contribution in [-0.4, -0.2) is 99.1 Å². The average molecular weight is 525 g/mol. The van der Waals surface area contributed by atoms with Crippen LogP contribution in [0, 0.1) is 0 Å². The van der Waals surface area contributed by atoms with E-state index in [1.165, 1.54) is 23.5 Å². The first-order valence-electron chi connectivity index (χ1n) is 10.2. The van der Waals surface area contributed by atoms with Gasteiger partial charge in [-0.25, -0.2) is 4.79 Å². The molecule has 0 aliphatic rings. The summed E-state index contributed by atoms with van der Waals surface area (Å²) in [4.78, 5) is 71.2. The molecule has 13 nitrogen and oxygen atoms in total. The lowest BCUT2D eigenvalue weighted by atomic mass is 10.1. The Bertz CT molecular complexity index is 739. The van der Waals surface area contributed by atoms with Crippen molar-refractivity contribution in [1.82, 2.24) is 16.0 Å². The third kappa shape index (κ3) is 13.3. The summed E-state index contributed by atoms with van der Waals surface area (Å²) < 4.78 is 0. The van der Waals surface area contributed by atoms with E-state index in [0.717, 1.165) is 0 Å². The minimum atomic E-state index is -1.66.